The van der Waals surface area contributed by atoms with E-state index in [2.05, 4.69) is 15.3 Å². The van der Waals surface area contributed by atoms with Gasteiger partial charge < -0.3 is 15.3 Å². The Hall–Kier alpha value is -3.34. The van der Waals surface area contributed by atoms with Gasteiger partial charge >= 0.3 is 0 Å². The zero-order chi connectivity index (χ0) is 18.1. The number of pyridine rings is 1. The minimum Gasteiger partial charge on any atom is -0.361 e. The summed E-state index contributed by atoms with van der Waals surface area (Å²) in [6, 6.07) is 15.1. The van der Waals surface area contributed by atoms with E-state index in [1.165, 1.54) is 0 Å². The zero-order valence-electron chi connectivity index (χ0n) is 14.4. The molecule has 0 atom stereocenters. The van der Waals surface area contributed by atoms with Crippen LogP contribution in [0.25, 0.3) is 21.8 Å². The number of hydrogen-bond acceptors (Lipinski definition) is 2. The van der Waals surface area contributed by atoms with Crippen LogP contribution in [0.1, 0.15) is 18.1 Å². The van der Waals surface area contributed by atoms with E-state index in [-0.39, 0.29) is 17.9 Å². The molecule has 0 aliphatic heterocycles. The van der Waals surface area contributed by atoms with Crippen LogP contribution in [0, 0.1) is 0 Å². The Kier molecular flexibility index (Phi) is 4.05. The molecule has 2 aromatic carbocycles. The molecule has 0 spiro atoms. The number of aromatic nitrogens is 2. The Balaban J connectivity index is 1.58. The molecule has 3 N–H and O–H groups in total. The SMILES string of the molecule is CCc1cc(=O)[nH]c2cc(NC(=O)Cc3c[nH]c4ccccc34)ccc12. The van der Waals surface area contributed by atoms with Crippen LogP contribution >= 0.6 is 0 Å². The molecule has 2 aromatic heterocycles. The highest BCUT2D eigenvalue weighted by atomic mass is 16.1. The molecule has 0 saturated carbocycles. The summed E-state index contributed by atoms with van der Waals surface area (Å²) in [5, 5.41) is 4.97. The molecule has 0 aliphatic carbocycles. The number of para-hydroxylation sites is 1. The normalized spacial score (nSPS) is 11.1. The second-order valence-electron chi connectivity index (χ2n) is 6.36. The van der Waals surface area contributed by atoms with E-state index in [1.54, 1.807) is 6.07 Å². The van der Waals surface area contributed by atoms with Crippen LogP contribution < -0.4 is 10.9 Å². The highest BCUT2D eigenvalue weighted by Crippen LogP contribution is 2.21. The Morgan fingerprint density at radius 3 is 2.65 bits per heavy atom. The summed E-state index contributed by atoms with van der Waals surface area (Å²) in [5.41, 5.74) is 4.26. The van der Waals surface area contributed by atoms with Gasteiger partial charge in [0.05, 0.1) is 11.9 Å². The molecular formula is C21H19N3O2. The molecule has 0 radical (unpaired) electrons. The third kappa shape index (κ3) is 2.99. The van der Waals surface area contributed by atoms with E-state index < -0.39 is 0 Å². The number of amides is 1. The topological polar surface area (TPSA) is 77.8 Å². The van der Waals surface area contributed by atoms with Gasteiger partial charge in [-0.1, -0.05) is 31.2 Å². The first-order chi connectivity index (χ1) is 12.6. The average Bonchev–Trinajstić information content (AvgIpc) is 3.03. The molecule has 0 unspecified atom stereocenters. The van der Waals surface area contributed by atoms with Gasteiger partial charge in [-0.05, 0) is 35.7 Å². The summed E-state index contributed by atoms with van der Waals surface area (Å²) in [6.07, 6.45) is 2.94. The maximum absolute atomic E-state index is 12.5. The van der Waals surface area contributed by atoms with E-state index in [4.69, 9.17) is 0 Å². The first-order valence-electron chi connectivity index (χ1n) is 8.65. The van der Waals surface area contributed by atoms with Crippen molar-refractivity contribution >= 4 is 33.4 Å². The molecule has 130 valence electrons. The van der Waals surface area contributed by atoms with Gasteiger partial charge in [-0.25, -0.2) is 0 Å². The summed E-state index contributed by atoms with van der Waals surface area (Å²) < 4.78 is 0. The van der Waals surface area contributed by atoms with E-state index in [0.717, 1.165) is 39.4 Å². The van der Waals surface area contributed by atoms with Crippen LogP contribution in [0.5, 0.6) is 0 Å². The van der Waals surface area contributed by atoms with Gasteiger partial charge in [-0.3, -0.25) is 9.59 Å². The fraction of sp³-hybridized carbons (Fsp3) is 0.143. The number of carbonyl (C=O) groups excluding carboxylic acids is 1. The molecule has 2 heterocycles. The quantitative estimate of drug-likeness (QED) is 0.527. The number of carbonyl (C=O) groups is 1. The number of hydrogen-bond donors (Lipinski definition) is 3. The van der Waals surface area contributed by atoms with Crippen LogP contribution in [-0.4, -0.2) is 15.9 Å². The number of nitrogens with one attached hydrogen (secondary N) is 3. The number of anilines is 1. The zero-order valence-corrected chi connectivity index (χ0v) is 14.4. The van der Waals surface area contributed by atoms with Gasteiger partial charge in [0, 0.05) is 34.2 Å². The van der Waals surface area contributed by atoms with Gasteiger partial charge in [0.1, 0.15) is 0 Å². The number of H-pyrrole nitrogens is 2. The molecule has 5 nitrogen and oxygen atoms in total. The summed E-state index contributed by atoms with van der Waals surface area (Å²) in [7, 11) is 0. The maximum atomic E-state index is 12.5. The molecule has 1 amide bonds. The first kappa shape index (κ1) is 16.1. The highest BCUT2D eigenvalue weighted by Gasteiger charge is 2.10. The monoisotopic (exact) mass is 345 g/mol. The van der Waals surface area contributed by atoms with E-state index in [1.807, 2.05) is 55.6 Å². The summed E-state index contributed by atoms with van der Waals surface area (Å²) in [6.45, 7) is 2.02. The van der Waals surface area contributed by atoms with Crippen molar-refractivity contribution in [1.82, 2.24) is 9.97 Å². The number of rotatable bonds is 4. The molecule has 4 aromatic rings. The molecular weight excluding hydrogens is 326 g/mol. The van der Waals surface area contributed by atoms with Gasteiger partial charge in [0.25, 0.3) is 0 Å². The minimum absolute atomic E-state index is 0.0944. The van der Waals surface area contributed by atoms with Crippen molar-refractivity contribution in [3.05, 3.63) is 76.2 Å². The van der Waals surface area contributed by atoms with Crippen LogP contribution in [0.3, 0.4) is 0 Å². The largest absolute Gasteiger partial charge is 0.361 e. The third-order valence-corrected chi connectivity index (χ3v) is 4.62. The lowest BCUT2D eigenvalue weighted by Gasteiger charge is -2.08. The molecule has 0 fully saturated rings. The average molecular weight is 345 g/mol. The fourth-order valence-electron chi connectivity index (χ4n) is 3.36. The summed E-state index contributed by atoms with van der Waals surface area (Å²) in [4.78, 5) is 30.3. The Morgan fingerprint density at radius 1 is 1.00 bits per heavy atom. The van der Waals surface area contributed by atoms with Crippen molar-refractivity contribution < 1.29 is 4.79 Å². The standard InChI is InChI=1S/C21H19N3O2/c1-2-13-9-21(26)24-19-11-15(7-8-17(13)19)23-20(25)10-14-12-22-18-6-4-3-5-16(14)18/h3-9,11-12,22H,2,10H2,1H3,(H,23,25)(H,24,26). The molecule has 4 rings (SSSR count). The molecule has 5 heteroatoms. The maximum Gasteiger partial charge on any atom is 0.248 e. The Morgan fingerprint density at radius 2 is 1.81 bits per heavy atom. The van der Waals surface area contributed by atoms with Crippen molar-refractivity contribution in [1.29, 1.82) is 0 Å². The first-order valence-corrected chi connectivity index (χ1v) is 8.65. The smallest absolute Gasteiger partial charge is 0.248 e. The van der Waals surface area contributed by atoms with E-state index in [9.17, 15) is 9.59 Å². The lowest BCUT2D eigenvalue weighted by atomic mass is 10.1. The van der Waals surface area contributed by atoms with Crippen LogP contribution in [-0.2, 0) is 17.6 Å². The lowest BCUT2D eigenvalue weighted by Crippen LogP contribution is -2.14. The molecule has 0 saturated heterocycles. The second kappa shape index (κ2) is 6.52. The van der Waals surface area contributed by atoms with Crippen molar-refractivity contribution in [2.45, 2.75) is 19.8 Å². The van der Waals surface area contributed by atoms with Crippen LogP contribution in [0.15, 0.2) is 59.5 Å². The minimum atomic E-state index is -0.128. The van der Waals surface area contributed by atoms with E-state index in [0.29, 0.717) is 5.69 Å². The third-order valence-electron chi connectivity index (χ3n) is 4.62. The summed E-state index contributed by atoms with van der Waals surface area (Å²) in [5.74, 6) is -0.0944. The fourth-order valence-corrected chi connectivity index (χ4v) is 3.36. The number of benzene rings is 2. The Labute approximate surface area is 150 Å². The van der Waals surface area contributed by atoms with Crippen LogP contribution in [0.4, 0.5) is 5.69 Å². The number of fused-ring (bicyclic) bond motifs is 2. The second-order valence-corrected chi connectivity index (χ2v) is 6.36. The number of aromatic amines is 2. The summed E-state index contributed by atoms with van der Waals surface area (Å²) >= 11 is 0. The van der Waals surface area contributed by atoms with Gasteiger partial charge in [0.15, 0.2) is 0 Å². The van der Waals surface area contributed by atoms with Crippen molar-refractivity contribution in [3.8, 4) is 0 Å². The Bertz CT molecular complexity index is 1170. The lowest BCUT2D eigenvalue weighted by molar-refractivity contribution is -0.115. The highest BCUT2D eigenvalue weighted by molar-refractivity contribution is 5.97. The van der Waals surface area contributed by atoms with E-state index >= 15 is 0 Å². The van der Waals surface area contributed by atoms with Crippen molar-refractivity contribution in [3.63, 3.8) is 0 Å². The molecule has 26 heavy (non-hydrogen) atoms. The van der Waals surface area contributed by atoms with Gasteiger partial charge in [0.2, 0.25) is 11.5 Å². The van der Waals surface area contributed by atoms with Crippen molar-refractivity contribution in [2.24, 2.45) is 0 Å². The van der Waals surface area contributed by atoms with Gasteiger partial charge in [-0.15, -0.1) is 0 Å². The molecule has 0 bridgehead atoms. The predicted molar refractivity (Wildman–Crippen MR) is 105 cm³/mol. The predicted octanol–water partition coefficient (Wildman–Crippen LogP) is 3.75. The van der Waals surface area contributed by atoms with Crippen LogP contribution in [0.2, 0.25) is 0 Å². The molecule has 0 aliphatic rings. The van der Waals surface area contributed by atoms with Gasteiger partial charge in [-0.2, -0.15) is 0 Å². The number of aryl methyl sites for hydroxylation is 1. The van der Waals surface area contributed by atoms with Crippen molar-refractivity contribution in [2.75, 3.05) is 5.32 Å².